The molecule has 3 aromatic rings. The molecule has 0 amide bonds. The summed E-state index contributed by atoms with van der Waals surface area (Å²) >= 11 is 0. The summed E-state index contributed by atoms with van der Waals surface area (Å²) < 4.78 is 11.9. The number of aryl methyl sites for hydroxylation is 1. The Morgan fingerprint density at radius 1 is 1.33 bits per heavy atom. The summed E-state index contributed by atoms with van der Waals surface area (Å²) in [5.74, 6) is 0.0858. The molecule has 1 saturated carbocycles. The molecule has 0 aliphatic heterocycles. The van der Waals surface area contributed by atoms with Crippen molar-refractivity contribution in [1.82, 2.24) is 24.9 Å². The van der Waals surface area contributed by atoms with Gasteiger partial charge >= 0.3 is 5.97 Å². The number of rotatable bonds is 6. The van der Waals surface area contributed by atoms with E-state index in [4.69, 9.17) is 9.26 Å². The molecule has 138 valence electrons. The molecular weight excluding hydrogens is 350 g/mol. The molecule has 1 fully saturated rings. The van der Waals surface area contributed by atoms with Gasteiger partial charge in [-0.3, -0.25) is 4.79 Å². The van der Waals surface area contributed by atoms with Crippen LogP contribution in [0.2, 0.25) is 0 Å². The third kappa shape index (κ3) is 3.12. The van der Waals surface area contributed by atoms with E-state index in [0.29, 0.717) is 22.8 Å². The van der Waals surface area contributed by atoms with Gasteiger partial charge in [0.2, 0.25) is 11.5 Å². The van der Waals surface area contributed by atoms with Gasteiger partial charge in [-0.25, -0.2) is 19.4 Å². The maximum Gasteiger partial charge on any atom is 0.361 e. The molecule has 9 nitrogen and oxygen atoms in total. The number of aromatic nitrogens is 5. The largest absolute Gasteiger partial charge is 0.461 e. The molecule has 0 atom stereocenters. The summed E-state index contributed by atoms with van der Waals surface area (Å²) in [4.78, 5) is 33.8. The Balaban J connectivity index is 1.74. The first-order valence-corrected chi connectivity index (χ1v) is 8.64. The number of ketones is 1. The molecule has 0 N–H and O–H groups in total. The van der Waals surface area contributed by atoms with Crippen LogP contribution in [0.3, 0.4) is 0 Å². The Kier molecular flexibility index (Phi) is 4.27. The van der Waals surface area contributed by atoms with Gasteiger partial charge in [0.05, 0.1) is 12.3 Å². The van der Waals surface area contributed by atoms with E-state index in [2.05, 4.69) is 20.2 Å². The van der Waals surface area contributed by atoms with Gasteiger partial charge in [-0.1, -0.05) is 5.16 Å². The second kappa shape index (κ2) is 6.75. The number of pyridine rings is 1. The van der Waals surface area contributed by atoms with Crippen LogP contribution in [-0.2, 0) is 4.74 Å². The molecule has 0 bridgehead atoms. The van der Waals surface area contributed by atoms with E-state index >= 15 is 0 Å². The molecule has 0 aromatic carbocycles. The molecular formula is C18H17N5O4. The lowest BCUT2D eigenvalue weighted by Crippen LogP contribution is -2.15. The lowest BCUT2D eigenvalue weighted by molar-refractivity contribution is 0.0512. The van der Waals surface area contributed by atoms with Crippen molar-refractivity contribution in [1.29, 1.82) is 0 Å². The van der Waals surface area contributed by atoms with Crippen molar-refractivity contribution in [3.8, 4) is 5.82 Å². The van der Waals surface area contributed by atoms with Gasteiger partial charge in [0, 0.05) is 11.5 Å². The second-order valence-corrected chi connectivity index (χ2v) is 6.24. The maximum atomic E-state index is 13.2. The van der Waals surface area contributed by atoms with E-state index in [-0.39, 0.29) is 29.6 Å². The Morgan fingerprint density at radius 3 is 2.78 bits per heavy atom. The molecule has 27 heavy (non-hydrogen) atoms. The summed E-state index contributed by atoms with van der Waals surface area (Å²) in [6, 6.07) is 3.32. The number of carbonyl (C=O) groups is 2. The topological polar surface area (TPSA) is 113 Å². The van der Waals surface area contributed by atoms with Crippen molar-refractivity contribution in [3.05, 3.63) is 53.1 Å². The first-order chi connectivity index (χ1) is 13.1. The smallest absolute Gasteiger partial charge is 0.361 e. The summed E-state index contributed by atoms with van der Waals surface area (Å²) in [6.45, 7) is 3.60. The normalized spacial score (nSPS) is 13.6. The van der Waals surface area contributed by atoms with Crippen LogP contribution in [0.15, 0.2) is 29.3 Å². The highest BCUT2D eigenvalue weighted by Crippen LogP contribution is 2.43. The second-order valence-electron chi connectivity index (χ2n) is 6.24. The van der Waals surface area contributed by atoms with E-state index in [9.17, 15) is 9.59 Å². The molecule has 0 saturated heterocycles. The standard InChI is InChI=1S/C18H17N5O4/c1-3-26-18(25)15-14(17(27-22-15)11-4-5-11)16(24)12-6-7-13(21-10(12)2)23-9-19-8-20-23/h6-9,11H,3-5H2,1-2H3. The van der Waals surface area contributed by atoms with Crippen LogP contribution >= 0.6 is 0 Å². The first kappa shape index (κ1) is 17.1. The van der Waals surface area contributed by atoms with E-state index in [1.807, 2.05) is 0 Å². The molecule has 9 heteroatoms. The van der Waals surface area contributed by atoms with E-state index < -0.39 is 5.97 Å². The third-order valence-electron chi connectivity index (χ3n) is 4.33. The monoisotopic (exact) mass is 367 g/mol. The predicted octanol–water partition coefficient (Wildman–Crippen LogP) is 2.24. The van der Waals surface area contributed by atoms with Crippen LogP contribution in [0.4, 0.5) is 0 Å². The molecule has 4 rings (SSSR count). The average molecular weight is 367 g/mol. The first-order valence-electron chi connectivity index (χ1n) is 8.64. The number of nitrogens with zero attached hydrogens (tertiary/aromatic N) is 5. The summed E-state index contributed by atoms with van der Waals surface area (Å²) in [7, 11) is 0. The lowest BCUT2D eigenvalue weighted by Gasteiger charge is -2.08. The number of ether oxygens (including phenoxy) is 1. The quantitative estimate of drug-likeness (QED) is 0.481. The zero-order valence-corrected chi connectivity index (χ0v) is 14.9. The fraction of sp³-hybridized carbons (Fsp3) is 0.333. The molecule has 3 aromatic heterocycles. The molecule has 1 aliphatic rings. The molecule has 0 radical (unpaired) electrons. The summed E-state index contributed by atoms with van der Waals surface area (Å²) in [5, 5.41) is 7.84. The minimum absolute atomic E-state index is 0.0801. The van der Waals surface area contributed by atoms with Crippen LogP contribution in [0.25, 0.3) is 5.82 Å². The number of carbonyl (C=O) groups excluding carboxylic acids is 2. The highest BCUT2D eigenvalue weighted by atomic mass is 16.5. The van der Waals surface area contributed by atoms with Gasteiger partial charge < -0.3 is 9.26 Å². The highest BCUT2D eigenvalue weighted by molar-refractivity contribution is 6.15. The Bertz CT molecular complexity index is 1000. The number of hydrogen-bond acceptors (Lipinski definition) is 8. The molecule has 0 unspecified atom stereocenters. The minimum atomic E-state index is -0.665. The minimum Gasteiger partial charge on any atom is -0.461 e. The van der Waals surface area contributed by atoms with E-state index in [1.54, 1.807) is 26.0 Å². The Morgan fingerprint density at radius 2 is 2.15 bits per heavy atom. The van der Waals surface area contributed by atoms with Crippen molar-refractivity contribution >= 4 is 11.8 Å². The zero-order chi connectivity index (χ0) is 19.0. The summed E-state index contributed by atoms with van der Waals surface area (Å²) in [5.41, 5.74) is 0.970. The van der Waals surface area contributed by atoms with Crippen LogP contribution in [-0.4, -0.2) is 43.3 Å². The van der Waals surface area contributed by atoms with Gasteiger partial charge in [0.1, 0.15) is 18.2 Å². The molecule has 3 heterocycles. The predicted molar refractivity (Wildman–Crippen MR) is 91.8 cm³/mol. The lowest BCUT2D eigenvalue weighted by atomic mass is 9.98. The van der Waals surface area contributed by atoms with E-state index in [1.165, 1.54) is 17.3 Å². The van der Waals surface area contributed by atoms with Gasteiger partial charge in [-0.15, -0.1) is 0 Å². The van der Waals surface area contributed by atoms with Crippen molar-refractivity contribution in [2.75, 3.05) is 6.61 Å². The third-order valence-corrected chi connectivity index (χ3v) is 4.33. The van der Waals surface area contributed by atoms with Gasteiger partial charge in [-0.2, -0.15) is 5.10 Å². The number of hydrogen-bond donors (Lipinski definition) is 0. The van der Waals surface area contributed by atoms with Crippen LogP contribution in [0.5, 0.6) is 0 Å². The van der Waals surface area contributed by atoms with Crippen LogP contribution < -0.4 is 0 Å². The fourth-order valence-corrected chi connectivity index (χ4v) is 2.86. The Labute approximate surface area is 154 Å². The van der Waals surface area contributed by atoms with Gasteiger partial charge in [0.15, 0.2) is 11.6 Å². The Hall–Kier alpha value is -3.36. The molecule has 0 spiro atoms. The average Bonchev–Trinajstić information content (AvgIpc) is 3.19. The maximum absolute atomic E-state index is 13.2. The van der Waals surface area contributed by atoms with Crippen molar-refractivity contribution < 1.29 is 18.8 Å². The number of esters is 1. The summed E-state index contributed by atoms with van der Waals surface area (Å²) in [6.07, 6.45) is 4.73. The zero-order valence-electron chi connectivity index (χ0n) is 14.9. The van der Waals surface area contributed by atoms with E-state index in [0.717, 1.165) is 12.8 Å². The van der Waals surface area contributed by atoms with Crippen LogP contribution in [0.1, 0.15) is 63.5 Å². The van der Waals surface area contributed by atoms with Crippen molar-refractivity contribution in [2.45, 2.75) is 32.6 Å². The highest BCUT2D eigenvalue weighted by Gasteiger charge is 2.37. The molecule has 1 aliphatic carbocycles. The van der Waals surface area contributed by atoms with Crippen molar-refractivity contribution in [2.24, 2.45) is 0 Å². The van der Waals surface area contributed by atoms with Crippen molar-refractivity contribution in [3.63, 3.8) is 0 Å². The fourth-order valence-electron chi connectivity index (χ4n) is 2.86. The van der Waals surface area contributed by atoms with Gasteiger partial charge in [-0.05, 0) is 38.8 Å². The SMILES string of the molecule is CCOC(=O)c1noc(C2CC2)c1C(=O)c1ccc(-n2cncn2)nc1C. The van der Waals surface area contributed by atoms with Crippen LogP contribution in [0, 0.1) is 6.92 Å². The van der Waals surface area contributed by atoms with Gasteiger partial charge in [0.25, 0.3) is 0 Å².